The largest absolute Gasteiger partial charge is 0.380 e. The standard InChI is InChI=1S/C17H24N6O2/c1-3-14-18-19-15-6-7-16(20-23(14)15)22-11-12(25-2)10-13(22)17(24)21-8-4-5-9-21/h6-7,12-13H,3-5,8-11H2,1-2H3/t12-,13-/m0/s1. The van der Waals surface area contributed by atoms with Crippen molar-refractivity contribution in [2.45, 2.75) is 44.8 Å². The quantitative estimate of drug-likeness (QED) is 0.820. The molecule has 0 radical (unpaired) electrons. The molecule has 2 saturated heterocycles. The molecule has 0 unspecified atom stereocenters. The molecule has 0 N–H and O–H groups in total. The van der Waals surface area contributed by atoms with E-state index in [4.69, 9.17) is 9.84 Å². The first kappa shape index (κ1) is 16.3. The molecule has 8 heteroatoms. The average molecular weight is 344 g/mol. The number of ether oxygens (including phenoxy) is 1. The van der Waals surface area contributed by atoms with E-state index in [2.05, 4.69) is 15.1 Å². The minimum absolute atomic E-state index is 0.0422. The molecule has 1 amide bonds. The molecule has 4 heterocycles. The van der Waals surface area contributed by atoms with Gasteiger partial charge in [0, 0.05) is 39.6 Å². The van der Waals surface area contributed by atoms with Crippen LogP contribution in [0.5, 0.6) is 0 Å². The third kappa shape index (κ3) is 2.84. The van der Waals surface area contributed by atoms with E-state index < -0.39 is 0 Å². The number of anilines is 1. The number of aryl methyl sites for hydroxylation is 1. The summed E-state index contributed by atoms with van der Waals surface area (Å²) >= 11 is 0. The molecule has 2 atom stereocenters. The molecular formula is C17H24N6O2. The summed E-state index contributed by atoms with van der Waals surface area (Å²) in [5.41, 5.74) is 0.727. The van der Waals surface area contributed by atoms with Crippen molar-refractivity contribution in [2.75, 3.05) is 31.6 Å². The molecule has 25 heavy (non-hydrogen) atoms. The van der Waals surface area contributed by atoms with Gasteiger partial charge in [-0.2, -0.15) is 4.52 Å². The maximum atomic E-state index is 13.0. The normalized spacial score (nSPS) is 23.8. The lowest BCUT2D eigenvalue weighted by atomic mass is 10.1. The lowest BCUT2D eigenvalue weighted by molar-refractivity contribution is -0.131. The summed E-state index contributed by atoms with van der Waals surface area (Å²) in [7, 11) is 1.71. The molecule has 0 spiro atoms. The summed E-state index contributed by atoms with van der Waals surface area (Å²) in [5, 5.41) is 13.0. The zero-order valence-corrected chi connectivity index (χ0v) is 14.8. The first-order valence-electron chi connectivity index (χ1n) is 9.00. The minimum Gasteiger partial charge on any atom is -0.380 e. The second-order valence-corrected chi connectivity index (χ2v) is 6.73. The number of nitrogens with zero attached hydrogens (tertiary/aromatic N) is 6. The van der Waals surface area contributed by atoms with Crippen LogP contribution in [0.3, 0.4) is 0 Å². The van der Waals surface area contributed by atoms with Gasteiger partial charge in [0.15, 0.2) is 17.3 Å². The van der Waals surface area contributed by atoms with Gasteiger partial charge in [-0.15, -0.1) is 15.3 Å². The summed E-state index contributed by atoms with van der Waals surface area (Å²) in [6.07, 6.45) is 3.69. The molecule has 134 valence electrons. The Morgan fingerprint density at radius 3 is 2.80 bits per heavy atom. The number of carbonyl (C=O) groups is 1. The van der Waals surface area contributed by atoms with Crippen molar-refractivity contribution in [3.63, 3.8) is 0 Å². The predicted octanol–water partition coefficient (Wildman–Crippen LogP) is 0.903. The SMILES string of the molecule is CCc1nnc2ccc(N3C[C@@H](OC)C[C@H]3C(=O)N3CCCC3)nn12. The zero-order valence-electron chi connectivity index (χ0n) is 14.8. The second kappa shape index (κ2) is 6.59. The smallest absolute Gasteiger partial charge is 0.245 e. The molecule has 2 aliphatic heterocycles. The van der Waals surface area contributed by atoms with Crippen molar-refractivity contribution in [1.82, 2.24) is 24.7 Å². The zero-order chi connectivity index (χ0) is 17.4. The molecule has 0 bridgehead atoms. The molecule has 2 aromatic heterocycles. The van der Waals surface area contributed by atoms with Crippen LogP contribution in [0.1, 0.15) is 32.0 Å². The van der Waals surface area contributed by atoms with Gasteiger partial charge in [0.2, 0.25) is 5.91 Å². The minimum atomic E-state index is -0.213. The number of hydrogen-bond acceptors (Lipinski definition) is 6. The van der Waals surface area contributed by atoms with Crippen LogP contribution in [0, 0.1) is 0 Å². The first-order chi connectivity index (χ1) is 12.2. The van der Waals surface area contributed by atoms with Crippen LogP contribution in [-0.2, 0) is 16.0 Å². The highest BCUT2D eigenvalue weighted by molar-refractivity contribution is 5.86. The van der Waals surface area contributed by atoms with Gasteiger partial charge >= 0.3 is 0 Å². The van der Waals surface area contributed by atoms with Gasteiger partial charge in [0.25, 0.3) is 0 Å². The van der Waals surface area contributed by atoms with Crippen molar-refractivity contribution in [3.05, 3.63) is 18.0 Å². The number of aromatic nitrogens is 4. The van der Waals surface area contributed by atoms with E-state index in [0.29, 0.717) is 13.0 Å². The van der Waals surface area contributed by atoms with Crippen LogP contribution < -0.4 is 4.90 Å². The Morgan fingerprint density at radius 1 is 1.28 bits per heavy atom. The van der Waals surface area contributed by atoms with E-state index in [1.165, 1.54) is 0 Å². The van der Waals surface area contributed by atoms with Crippen LogP contribution in [-0.4, -0.2) is 69.5 Å². The topological polar surface area (TPSA) is 75.9 Å². The van der Waals surface area contributed by atoms with Crippen LogP contribution in [0.25, 0.3) is 5.65 Å². The molecule has 8 nitrogen and oxygen atoms in total. The van der Waals surface area contributed by atoms with Gasteiger partial charge in [-0.3, -0.25) is 4.79 Å². The summed E-state index contributed by atoms with van der Waals surface area (Å²) in [6.45, 7) is 4.42. The second-order valence-electron chi connectivity index (χ2n) is 6.73. The van der Waals surface area contributed by atoms with Crippen molar-refractivity contribution >= 4 is 17.4 Å². The Bertz CT molecular complexity index is 770. The van der Waals surface area contributed by atoms with Gasteiger partial charge in [-0.25, -0.2) is 0 Å². The van der Waals surface area contributed by atoms with Crippen LogP contribution in [0.4, 0.5) is 5.82 Å². The van der Waals surface area contributed by atoms with Gasteiger partial charge in [0.1, 0.15) is 6.04 Å². The highest BCUT2D eigenvalue weighted by atomic mass is 16.5. The van der Waals surface area contributed by atoms with Crippen LogP contribution in [0.15, 0.2) is 12.1 Å². The monoisotopic (exact) mass is 344 g/mol. The molecule has 2 aromatic rings. The number of carbonyl (C=O) groups excluding carboxylic acids is 1. The van der Waals surface area contributed by atoms with Gasteiger partial charge in [-0.05, 0) is 25.0 Å². The summed E-state index contributed by atoms with van der Waals surface area (Å²) in [5.74, 6) is 1.79. The molecule has 4 rings (SSSR count). The Kier molecular flexibility index (Phi) is 4.29. The number of methoxy groups -OCH3 is 1. The van der Waals surface area contributed by atoms with Gasteiger partial charge in [0.05, 0.1) is 6.10 Å². The Morgan fingerprint density at radius 2 is 2.08 bits per heavy atom. The molecule has 0 saturated carbocycles. The van der Waals surface area contributed by atoms with E-state index in [0.717, 1.165) is 49.6 Å². The molecule has 0 aromatic carbocycles. The Labute approximate surface area is 146 Å². The third-order valence-corrected chi connectivity index (χ3v) is 5.22. The fourth-order valence-corrected chi connectivity index (χ4v) is 3.80. The summed E-state index contributed by atoms with van der Waals surface area (Å²) in [6, 6.07) is 3.62. The maximum Gasteiger partial charge on any atom is 0.245 e. The van der Waals surface area contributed by atoms with Crippen molar-refractivity contribution in [3.8, 4) is 0 Å². The van der Waals surface area contributed by atoms with E-state index in [-0.39, 0.29) is 18.1 Å². The first-order valence-corrected chi connectivity index (χ1v) is 9.00. The van der Waals surface area contributed by atoms with Gasteiger partial charge in [-0.1, -0.05) is 6.92 Å². The third-order valence-electron chi connectivity index (χ3n) is 5.22. The maximum absolute atomic E-state index is 13.0. The van der Waals surface area contributed by atoms with Gasteiger partial charge < -0.3 is 14.5 Å². The predicted molar refractivity (Wildman–Crippen MR) is 92.5 cm³/mol. The van der Waals surface area contributed by atoms with E-state index in [9.17, 15) is 4.79 Å². The van der Waals surface area contributed by atoms with Crippen molar-refractivity contribution in [2.24, 2.45) is 0 Å². The van der Waals surface area contributed by atoms with E-state index >= 15 is 0 Å². The lowest BCUT2D eigenvalue weighted by Gasteiger charge is -2.28. The number of hydrogen-bond donors (Lipinski definition) is 0. The molecule has 2 aliphatic rings. The van der Waals surface area contributed by atoms with Crippen LogP contribution in [0.2, 0.25) is 0 Å². The summed E-state index contributed by atoms with van der Waals surface area (Å²) < 4.78 is 7.32. The lowest BCUT2D eigenvalue weighted by Crippen LogP contribution is -2.45. The average Bonchev–Trinajstić information content (AvgIpc) is 3.38. The fourth-order valence-electron chi connectivity index (χ4n) is 3.80. The highest BCUT2D eigenvalue weighted by Gasteiger charge is 2.40. The molecule has 0 aliphatic carbocycles. The van der Waals surface area contributed by atoms with Crippen LogP contribution >= 0.6 is 0 Å². The van der Waals surface area contributed by atoms with E-state index in [1.54, 1.807) is 11.6 Å². The van der Waals surface area contributed by atoms with E-state index in [1.807, 2.05) is 24.0 Å². The number of amides is 1. The number of rotatable bonds is 4. The van der Waals surface area contributed by atoms with Crippen molar-refractivity contribution in [1.29, 1.82) is 0 Å². The fraction of sp³-hybridized carbons (Fsp3) is 0.647. The number of fused-ring (bicyclic) bond motifs is 1. The highest BCUT2D eigenvalue weighted by Crippen LogP contribution is 2.28. The summed E-state index contributed by atoms with van der Waals surface area (Å²) in [4.78, 5) is 17.1. The Hall–Kier alpha value is -2.22. The molecule has 2 fully saturated rings. The molecular weight excluding hydrogens is 320 g/mol. The number of likely N-dealkylation sites (tertiary alicyclic amines) is 1. The van der Waals surface area contributed by atoms with Crippen molar-refractivity contribution < 1.29 is 9.53 Å². The Balaban J connectivity index is 1.66.